The zero-order chi connectivity index (χ0) is 17.7. The number of hydrogen-bond acceptors (Lipinski definition) is 4. The van der Waals surface area contributed by atoms with Crippen LogP contribution in [0, 0.1) is 12.7 Å². The Morgan fingerprint density at radius 1 is 1.08 bits per heavy atom. The normalized spacial score (nSPS) is 12.5. The Kier molecular flexibility index (Phi) is 5.53. The highest BCUT2D eigenvalue weighted by atomic mass is 32.2. The predicted molar refractivity (Wildman–Crippen MR) is 86.1 cm³/mol. The summed E-state index contributed by atoms with van der Waals surface area (Å²) in [6, 6.07) is 11.3. The van der Waals surface area contributed by atoms with Gasteiger partial charge < -0.3 is 4.74 Å². The fraction of sp³-hybridized carbons (Fsp3) is 0.188. The van der Waals surface area contributed by atoms with Gasteiger partial charge >= 0.3 is 0 Å². The minimum atomic E-state index is -3.87. The second-order valence-corrected chi connectivity index (χ2v) is 6.80. The SMILES string of the molecule is Cc1ccc(S(=O)(=O)NNC(=O)[C@@H](C)Oc2ccc(F)cc2)cc1. The maximum absolute atomic E-state index is 12.8. The molecule has 0 aromatic heterocycles. The highest BCUT2D eigenvalue weighted by Gasteiger charge is 2.19. The van der Waals surface area contributed by atoms with E-state index in [1.165, 1.54) is 43.3 Å². The molecule has 0 unspecified atom stereocenters. The number of ether oxygens (including phenoxy) is 1. The third-order valence-corrected chi connectivity index (χ3v) is 4.40. The van der Waals surface area contributed by atoms with Gasteiger partial charge in [-0.05, 0) is 50.2 Å². The predicted octanol–water partition coefficient (Wildman–Crippen LogP) is 1.91. The fourth-order valence-corrected chi connectivity index (χ4v) is 2.61. The number of hydrazine groups is 1. The lowest BCUT2D eigenvalue weighted by Crippen LogP contribution is -2.47. The molecule has 0 radical (unpaired) electrons. The lowest BCUT2D eigenvalue weighted by Gasteiger charge is -2.15. The Hall–Kier alpha value is -2.45. The largest absolute Gasteiger partial charge is 0.481 e. The minimum Gasteiger partial charge on any atom is -0.481 e. The van der Waals surface area contributed by atoms with Gasteiger partial charge in [0.15, 0.2) is 6.10 Å². The van der Waals surface area contributed by atoms with Gasteiger partial charge in [-0.3, -0.25) is 10.2 Å². The first-order chi connectivity index (χ1) is 11.3. The molecule has 1 amide bonds. The minimum absolute atomic E-state index is 0.0282. The van der Waals surface area contributed by atoms with Crippen LogP contribution < -0.4 is 15.0 Å². The van der Waals surface area contributed by atoms with Crippen LogP contribution in [0.15, 0.2) is 53.4 Å². The summed E-state index contributed by atoms with van der Waals surface area (Å²) in [6.07, 6.45) is -0.976. The third-order valence-electron chi connectivity index (χ3n) is 3.14. The molecule has 2 rings (SSSR count). The van der Waals surface area contributed by atoms with Crippen molar-refractivity contribution in [2.45, 2.75) is 24.8 Å². The van der Waals surface area contributed by atoms with E-state index in [1.54, 1.807) is 12.1 Å². The first kappa shape index (κ1) is 17.9. The molecule has 1 atom stereocenters. The number of aryl methyl sites for hydroxylation is 1. The summed E-state index contributed by atoms with van der Waals surface area (Å²) >= 11 is 0. The van der Waals surface area contributed by atoms with Crippen molar-refractivity contribution in [3.05, 3.63) is 59.9 Å². The summed E-state index contributed by atoms with van der Waals surface area (Å²) < 4.78 is 42.2. The number of nitrogens with one attached hydrogen (secondary N) is 2. The molecule has 0 fully saturated rings. The van der Waals surface area contributed by atoms with Gasteiger partial charge in [-0.15, -0.1) is 4.83 Å². The molecule has 0 aliphatic carbocycles. The van der Waals surface area contributed by atoms with E-state index in [1.807, 2.05) is 11.8 Å². The van der Waals surface area contributed by atoms with E-state index >= 15 is 0 Å². The van der Waals surface area contributed by atoms with Crippen molar-refractivity contribution in [1.82, 2.24) is 10.3 Å². The first-order valence-electron chi connectivity index (χ1n) is 7.08. The van der Waals surface area contributed by atoms with Crippen LogP contribution in [0.5, 0.6) is 5.75 Å². The molecule has 0 heterocycles. The lowest BCUT2D eigenvalue weighted by atomic mass is 10.2. The van der Waals surface area contributed by atoms with Crippen LogP contribution in [-0.2, 0) is 14.8 Å². The van der Waals surface area contributed by atoms with Crippen molar-refractivity contribution in [3.8, 4) is 5.75 Å². The van der Waals surface area contributed by atoms with Gasteiger partial charge in [-0.25, -0.2) is 12.8 Å². The van der Waals surface area contributed by atoms with Gasteiger partial charge in [-0.1, -0.05) is 17.7 Å². The average Bonchev–Trinajstić information content (AvgIpc) is 2.55. The summed E-state index contributed by atoms with van der Waals surface area (Å²) in [6.45, 7) is 3.28. The van der Waals surface area contributed by atoms with E-state index < -0.39 is 27.9 Å². The number of rotatable bonds is 6. The third kappa shape index (κ3) is 4.77. The Morgan fingerprint density at radius 3 is 2.25 bits per heavy atom. The van der Waals surface area contributed by atoms with Gasteiger partial charge in [0.2, 0.25) is 0 Å². The van der Waals surface area contributed by atoms with Crippen LogP contribution in [0.4, 0.5) is 4.39 Å². The summed E-state index contributed by atoms with van der Waals surface area (Å²) in [5.41, 5.74) is 3.01. The van der Waals surface area contributed by atoms with Crippen molar-refractivity contribution < 1.29 is 22.3 Å². The van der Waals surface area contributed by atoms with Gasteiger partial charge in [0.05, 0.1) is 4.90 Å². The monoisotopic (exact) mass is 352 g/mol. The second-order valence-electron chi connectivity index (χ2n) is 5.12. The highest BCUT2D eigenvalue weighted by molar-refractivity contribution is 7.89. The Labute approximate surface area is 139 Å². The van der Waals surface area contributed by atoms with E-state index in [9.17, 15) is 17.6 Å². The number of sulfonamides is 1. The van der Waals surface area contributed by atoms with Crippen LogP contribution in [-0.4, -0.2) is 20.4 Å². The number of halogens is 1. The highest BCUT2D eigenvalue weighted by Crippen LogP contribution is 2.13. The maximum Gasteiger partial charge on any atom is 0.275 e. The van der Waals surface area contributed by atoms with Crippen LogP contribution >= 0.6 is 0 Å². The molecule has 2 aromatic carbocycles. The molecule has 2 N–H and O–H groups in total. The summed E-state index contributed by atoms with van der Waals surface area (Å²) in [7, 11) is -3.87. The number of hydrogen-bond donors (Lipinski definition) is 2. The average molecular weight is 352 g/mol. The topological polar surface area (TPSA) is 84.5 Å². The quantitative estimate of drug-likeness (QED) is 0.778. The molecular weight excluding hydrogens is 335 g/mol. The van der Waals surface area contributed by atoms with Crippen molar-refractivity contribution in [2.24, 2.45) is 0 Å². The van der Waals surface area contributed by atoms with E-state index in [-0.39, 0.29) is 4.90 Å². The van der Waals surface area contributed by atoms with E-state index in [2.05, 4.69) is 5.43 Å². The molecule has 0 bridgehead atoms. The molecular formula is C16H17FN2O4S. The van der Waals surface area contributed by atoms with Crippen LogP contribution in [0.1, 0.15) is 12.5 Å². The first-order valence-corrected chi connectivity index (χ1v) is 8.57. The molecule has 24 heavy (non-hydrogen) atoms. The van der Waals surface area contributed by atoms with E-state index in [4.69, 9.17) is 4.74 Å². The van der Waals surface area contributed by atoms with Gasteiger partial charge in [0.25, 0.3) is 15.9 Å². The molecule has 2 aromatic rings. The van der Waals surface area contributed by atoms with Crippen LogP contribution in [0.2, 0.25) is 0 Å². The zero-order valence-electron chi connectivity index (χ0n) is 13.1. The Morgan fingerprint density at radius 2 is 1.67 bits per heavy atom. The van der Waals surface area contributed by atoms with E-state index in [0.717, 1.165) is 5.56 Å². The standard InChI is InChI=1S/C16H17FN2O4S/c1-11-3-9-15(10-4-11)24(21,22)19-18-16(20)12(2)23-14-7-5-13(17)6-8-14/h3-10,12,19H,1-2H3,(H,18,20)/t12-/m1/s1. The molecule has 8 heteroatoms. The smallest absolute Gasteiger partial charge is 0.275 e. The molecule has 6 nitrogen and oxygen atoms in total. The second kappa shape index (κ2) is 7.41. The molecule has 128 valence electrons. The molecule has 0 saturated heterocycles. The van der Waals surface area contributed by atoms with Gasteiger partial charge in [-0.2, -0.15) is 0 Å². The molecule has 0 aliphatic rings. The number of carbonyl (C=O) groups excluding carboxylic acids is 1. The summed E-state index contributed by atoms with van der Waals surface area (Å²) in [5.74, 6) is -0.819. The van der Waals surface area contributed by atoms with Crippen molar-refractivity contribution >= 4 is 15.9 Å². The fourth-order valence-electron chi connectivity index (χ4n) is 1.77. The number of benzene rings is 2. The van der Waals surface area contributed by atoms with Gasteiger partial charge in [0.1, 0.15) is 11.6 Å². The van der Waals surface area contributed by atoms with Crippen LogP contribution in [0.25, 0.3) is 0 Å². The molecule has 0 aliphatic heterocycles. The molecule has 0 saturated carbocycles. The number of amides is 1. The van der Waals surface area contributed by atoms with E-state index in [0.29, 0.717) is 5.75 Å². The lowest BCUT2D eigenvalue weighted by molar-refractivity contribution is -0.127. The van der Waals surface area contributed by atoms with Crippen LogP contribution in [0.3, 0.4) is 0 Å². The van der Waals surface area contributed by atoms with Crippen molar-refractivity contribution in [1.29, 1.82) is 0 Å². The maximum atomic E-state index is 12.8. The Balaban J connectivity index is 1.94. The number of carbonyl (C=O) groups is 1. The Bertz CT molecular complexity index is 805. The zero-order valence-corrected chi connectivity index (χ0v) is 13.9. The molecule has 0 spiro atoms. The summed E-state index contributed by atoms with van der Waals surface area (Å²) in [4.78, 5) is 13.9. The van der Waals surface area contributed by atoms with Crippen molar-refractivity contribution in [3.63, 3.8) is 0 Å². The summed E-state index contributed by atoms with van der Waals surface area (Å²) in [5, 5.41) is 0. The van der Waals surface area contributed by atoms with Gasteiger partial charge in [0, 0.05) is 0 Å². The van der Waals surface area contributed by atoms with Crippen molar-refractivity contribution in [2.75, 3.05) is 0 Å².